The molecule has 0 fully saturated rings. The van der Waals surface area contributed by atoms with E-state index in [1.165, 1.54) is 6.08 Å². The Hall–Kier alpha value is -3.60. The summed E-state index contributed by atoms with van der Waals surface area (Å²) in [6.07, 6.45) is 12.9. The normalized spacial score (nSPS) is 18.3. The molecule has 2 unspecified atom stereocenters. The van der Waals surface area contributed by atoms with E-state index in [0.29, 0.717) is 0 Å². The van der Waals surface area contributed by atoms with Crippen molar-refractivity contribution in [2.45, 2.75) is 51.7 Å². The highest BCUT2D eigenvalue weighted by Crippen LogP contribution is 2.36. The number of hydrogen-bond donors (Lipinski definition) is 2. The van der Waals surface area contributed by atoms with Crippen molar-refractivity contribution >= 4 is 24.0 Å². The van der Waals surface area contributed by atoms with Gasteiger partial charge >= 0.3 is 0 Å². The Morgan fingerprint density at radius 3 is 2.70 bits per heavy atom. The van der Waals surface area contributed by atoms with Crippen LogP contribution >= 0.6 is 0 Å². The average molecular weight is 444 g/mol. The molecule has 1 aromatic rings. The minimum Gasteiger partial charge on any atom is -0.382 e. The summed E-state index contributed by atoms with van der Waals surface area (Å²) in [7, 11) is 0. The lowest BCUT2D eigenvalue weighted by molar-refractivity contribution is -0.127. The topological polar surface area (TPSA) is 61.4 Å². The molecule has 0 radical (unpaired) electrons. The van der Waals surface area contributed by atoms with Crippen molar-refractivity contribution in [2.24, 2.45) is 0 Å². The molecule has 1 aliphatic heterocycles. The molecule has 2 aliphatic rings. The molecule has 1 amide bonds. The fraction of sp³-hybridized carbons (Fsp3) is 0.286. The Balaban J connectivity index is 1.97. The van der Waals surface area contributed by atoms with Gasteiger partial charge in [0.05, 0.1) is 12.1 Å². The Bertz CT molecular complexity index is 1080. The van der Waals surface area contributed by atoms with Crippen molar-refractivity contribution < 1.29 is 9.59 Å². The zero-order valence-electron chi connectivity index (χ0n) is 19.9. The minimum absolute atomic E-state index is 0.000640. The minimum atomic E-state index is -0.296. The molecule has 1 heterocycles. The summed E-state index contributed by atoms with van der Waals surface area (Å²) in [5, 5.41) is 7.05. The summed E-state index contributed by atoms with van der Waals surface area (Å²) in [5.41, 5.74) is 5.27. The highest BCUT2D eigenvalue weighted by Gasteiger charge is 2.37. The third-order valence-electron chi connectivity index (χ3n) is 5.56. The number of allylic oxidation sites excluding steroid dienone is 3. The second-order valence-electron chi connectivity index (χ2n) is 9.39. The lowest BCUT2D eigenvalue weighted by Crippen LogP contribution is -2.44. The summed E-state index contributed by atoms with van der Waals surface area (Å²) in [6.45, 7) is 16.5. The van der Waals surface area contributed by atoms with E-state index < -0.39 is 0 Å². The molecule has 0 aromatic heterocycles. The van der Waals surface area contributed by atoms with E-state index in [4.69, 9.17) is 0 Å². The van der Waals surface area contributed by atoms with Gasteiger partial charge in [-0.2, -0.15) is 0 Å². The lowest BCUT2D eigenvalue weighted by Gasteiger charge is -2.32. The second-order valence-corrected chi connectivity index (χ2v) is 9.39. The Kier molecular flexibility index (Phi) is 7.22. The molecule has 0 bridgehead atoms. The van der Waals surface area contributed by atoms with Gasteiger partial charge in [0.1, 0.15) is 6.29 Å². The van der Waals surface area contributed by atoms with E-state index >= 15 is 0 Å². The van der Waals surface area contributed by atoms with Crippen molar-refractivity contribution in [1.82, 2.24) is 15.5 Å². The number of carbonyl (C=O) groups is 2. The maximum Gasteiger partial charge on any atom is 0.223 e. The molecule has 0 spiro atoms. The number of carbonyl (C=O) groups excluding carboxylic acids is 2. The fourth-order valence-corrected chi connectivity index (χ4v) is 4.18. The number of fused-ring (bicyclic) bond motifs is 1. The van der Waals surface area contributed by atoms with Gasteiger partial charge in [0, 0.05) is 35.6 Å². The van der Waals surface area contributed by atoms with Crippen LogP contribution < -0.4 is 10.6 Å². The number of amides is 1. The van der Waals surface area contributed by atoms with E-state index in [0.717, 1.165) is 46.4 Å². The van der Waals surface area contributed by atoms with Crippen molar-refractivity contribution in [1.29, 1.82) is 0 Å². The summed E-state index contributed by atoms with van der Waals surface area (Å²) in [5.74, 6) is 0.0119. The predicted molar refractivity (Wildman–Crippen MR) is 136 cm³/mol. The van der Waals surface area contributed by atoms with E-state index in [-0.39, 0.29) is 23.5 Å². The van der Waals surface area contributed by atoms with Crippen molar-refractivity contribution in [2.75, 3.05) is 0 Å². The Labute approximate surface area is 196 Å². The SMILES string of the molecule is C=C(NC(C(=C)NC(C)(C)C)C1=CN(C(C)=O)C2CC=CC=C12)c1cccc(/C=C/C=O)c1. The molecule has 172 valence electrons. The van der Waals surface area contributed by atoms with Crippen molar-refractivity contribution in [3.63, 3.8) is 0 Å². The molecule has 33 heavy (non-hydrogen) atoms. The Morgan fingerprint density at radius 2 is 2.03 bits per heavy atom. The number of hydrogen-bond acceptors (Lipinski definition) is 4. The van der Waals surface area contributed by atoms with Crippen LogP contribution in [0.5, 0.6) is 0 Å². The monoisotopic (exact) mass is 443 g/mol. The van der Waals surface area contributed by atoms with Gasteiger partial charge in [-0.3, -0.25) is 9.59 Å². The van der Waals surface area contributed by atoms with Gasteiger partial charge in [0.15, 0.2) is 0 Å². The van der Waals surface area contributed by atoms with Gasteiger partial charge in [0.2, 0.25) is 5.91 Å². The van der Waals surface area contributed by atoms with E-state index in [1.54, 1.807) is 17.9 Å². The molecule has 1 aromatic carbocycles. The highest BCUT2D eigenvalue weighted by atomic mass is 16.2. The van der Waals surface area contributed by atoms with Gasteiger partial charge in [-0.25, -0.2) is 0 Å². The smallest absolute Gasteiger partial charge is 0.223 e. The summed E-state index contributed by atoms with van der Waals surface area (Å²) in [6, 6.07) is 7.52. The third kappa shape index (κ3) is 5.80. The van der Waals surface area contributed by atoms with Crippen LogP contribution in [0, 0.1) is 0 Å². The molecular formula is C28H33N3O2. The number of rotatable bonds is 8. The van der Waals surface area contributed by atoms with Gasteiger partial charge in [-0.15, -0.1) is 0 Å². The van der Waals surface area contributed by atoms with Crippen LogP contribution in [0.2, 0.25) is 0 Å². The van der Waals surface area contributed by atoms with Crippen LogP contribution in [0.4, 0.5) is 0 Å². The number of aldehydes is 1. The molecule has 1 aliphatic carbocycles. The first-order chi connectivity index (χ1) is 15.6. The number of benzene rings is 1. The van der Waals surface area contributed by atoms with Crippen molar-refractivity contribution in [3.05, 3.63) is 95.9 Å². The zero-order chi connectivity index (χ0) is 24.2. The zero-order valence-corrected chi connectivity index (χ0v) is 19.9. The molecule has 0 saturated heterocycles. The maximum atomic E-state index is 12.4. The first-order valence-electron chi connectivity index (χ1n) is 11.1. The summed E-state index contributed by atoms with van der Waals surface area (Å²) >= 11 is 0. The lowest BCUT2D eigenvalue weighted by atomic mass is 9.89. The molecule has 5 heteroatoms. The van der Waals surface area contributed by atoms with Gasteiger partial charge in [-0.1, -0.05) is 55.7 Å². The molecule has 3 rings (SSSR count). The molecule has 5 nitrogen and oxygen atoms in total. The number of nitrogens with one attached hydrogen (secondary N) is 2. The van der Waals surface area contributed by atoms with E-state index in [9.17, 15) is 9.59 Å². The van der Waals surface area contributed by atoms with Crippen LogP contribution in [0.1, 0.15) is 45.2 Å². The van der Waals surface area contributed by atoms with Crippen LogP contribution in [-0.2, 0) is 9.59 Å². The van der Waals surface area contributed by atoms with Crippen LogP contribution in [0.3, 0.4) is 0 Å². The highest BCUT2D eigenvalue weighted by molar-refractivity contribution is 5.78. The first kappa shape index (κ1) is 24.1. The standard InChI is InChI=1S/C28H33N3O2/c1-19(23-13-9-11-22(17-23)12-10-16-32)29-27(20(2)30-28(4,5)6)25-18-31(21(3)33)26-15-8-7-14-24(25)26/h7-14,16-18,26-27,29-30H,1-2,15H2,3-6H3/b12-10+. The average Bonchev–Trinajstić information content (AvgIpc) is 3.14. The van der Waals surface area contributed by atoms with Crippen LogP contribution in [-0.4, -0.2) is 34.7 Å². The van der Waals surface area contributed by atoms with Crippen LogP contribution in [0.15, 0.2) is 84.8 Å². The van der Waals surface area contributed by atoms with Crippen LogP contribution in [0.25, 0.3) is 11.8 Å². The second kappa shape index (κ2) is 9.90. The first-order valence-corrected chi connectivity index (χ1v) is 11.1. The largest absolute Gasteiger partial charge is 0.382 e. The summed E-state index contributed by atoms with van der Waals surface area (Å²) in [4.78, 5) is 24.9. The van der Waals surface area contributed by atoms with Gasteiger partial charge < -0.3 is 15.5 Å². The quantitative estimate of drug-likeness (QED) is 0.450. The molecular weight excluding hydrogens is 410 g/mol. The molecule has 2 N–H and O–H groups in total. The van der Waals surface area contributed by atoms with Crippen molar-refractivity contribution in [3.8, 4) is 0 Å². The summed E-state index contributed by atoms with van der Waals surface area (Å²) < 4.78 is 0. The molecule has 0 saturated carbocycles. The fourth-order valence-electron chi connectivity index (χ4n) is 4.18. The predicted octanol–water partition coefficient (Wildman–Crippen LogP) is 4.73. The van der Waals surface area contributed by atoms with Gasteiger partial charge in [-0.05, 0) is 56.0 Å². The van der Waals surface area contributed by atoms with Gasteiger partial charge in [0.25, 0.3) is 0 Å². The van der Waals surface area contributed by atoms with E-state index in [1.807, 2.05) is 36.5 Å². The third-order valence-corrected chi connectivity index (χ3v) is 5.56. The number of nitrogens with zero attached hydrogens (tertiary/aromatic N) is 1. The molecule has 2 atom stereocenters. The maximum absolute atomic E-state index is 12.4. The van der Waals surface area contributed by atoms with E-state index in [2.05, 4.69) is 56.7 Å². The Morgan fingerprint density at radius 1 is 1.27 bits per heavy atom.